The molecule has 34 heavy (non-hydrogen) atoms. The molecule has 0 aliphatic carbocycles. The van der Waals surface area contributed by atoms with E-state index >= 15 is 0 Å². The van der Waals surface area contributed by atoms with Crippen molar-refractivity contribution in [1.82, 2.24) is 14.8 Å². The number of hydrogen-bond donors (Lipinski definition) is 2. The molecule has 0 fully saturated rings. The summed E-state index contributed by atoms with van der Waals surface area (Å²) in [6.45, 7) is 2.01. The summed E-state index contributed by atoms with van der Waals surface area (Å²) in [6, 6.07) is 18.5. The van der Waals surface area contributed by atoms with Crippen molar-refractivity contribution in [2.24, 2.45) is 0 Å². The molecule has 2 N–H and O–H groups in total. The molecule has 2 aromatic heterocycles. The molecule has 0 radical (unpaired) electrons. The Morgan fingerprint density at radius 3 is 2.35 bits per heavy atom. The molecule has 0 bridgehead atoms. The third-order valence-electron chi connectivity index (χ3n) is 4.77. The van der Waals surface area contributed by atoms with Crippen molar-refractivity contribution in [3.8, 4) is 5.69 Å². The Balaban J connectivity index is 1.41. The minimum Gasteiger partial charge on any atom is -0.461 e. The highest BCUT2D eigenvalue weighted by Gasteiger charge is 2.12. The maximum atomic E-state index is 12.7. The van der Waals surface area contributed by atoms with Crippen molar-refractivity contribution in [1.29, 1.82) is 0 Å². The van der Waals surface area contributed by atoms with Crippen LogP contribution in [0.5, 0.6) is 0 Å². The number of pyridine rings is 1. The van der Waals surface area contributed by atoms with E-state index in [1.54, 1.807) is 90.7 Å². The predicted octanol–water partition coefficient (Wildman–Crippen LogP) is 3.95. The van der Waals surface area contributed by atoms with Gasteiger partial charge in [0.1, 0.15) is 0 Å². The average Bonchev–Trinajstić information content (AvgIpc) is 3.36. The van der Waals surface area contributed by atoms with E-state index < -0.39 is 5.97 Å². The van der Waals surface area contributed by atoms with Crippen LogP contribution >= 0.6 is 0 Å². The van der Waals surface area contributed by atoms with E-state index in [-0.39, 0.29) is 24.1 Å². The van der Waals surface area contributed by atoms with Gasteiger partial charge in [-0.15, -0.1) is 0 Å². The fraction of sp³-hybridized carbons (Fsp3) is 0.0800. The number of aromatic nitrogens is 3. The first-order valence-corrected chi connectivity index (χ1v) is 10.5. The van der Waals surface area contributed by atoms with Crippen LogP contribution in [0.3, 0.4) is 0 Å². The third kappa shape index (κ3) is 5.33. The van der Waals surface area contributed by atoms with Gasteiger partial charge in [0.2, 0.25) is 0 Å². The lowest BCUT2D eigenvalue weighted by Crippen LogP contribution is -2.14. The summed E-state index contributed by atoms with van der Waals surface area (Å²) in [6.07, 6.45) is 4.71. The van der Waals surface area contributed by atoms with E-state index in [9.17, 15) is 14.4 Å². The summed E-state index contributed by atoms with van der Waals surface area (Å²) in [5.41, 5.74) is 2.82. The average molecular weight is 455 g/mol. The summed E-state index contributed by atoms with van der Waals surface area (Å²) in [4.78, 5) is 40.8. The Morgan fingerprint density at radius 1 is 0.882 bits per heavy atom. The molecular formula is C25H21N5O4. The Morgan fingerprint density at radius 2 is 1.62 bits per heavy atom. The highest BCUT2D eigenvalue weighted by molar-refractivity contribution is 6.07. The van der Waals surface area contributed by atoms with Crippen LogP contribution in [0, 0.1) is 0 Å². The molecular weight excluding hydrogens is 434 g/mol. The first kappa shape index (κ1) is 22.4. The molecule has 0 atom stereocenters. The minimum absolute atomic E-state index is 0.217. The van der Waals surface area contributed by atoms with Gasteiger partial charge in [-0.1, -0.05) is 6.07 Å². The molecule has 2 amide bonds. The fourth-order valence-electron chi connectivity index (χ4n) is 3.12. The molecule has 170 valence electrons. The van der Waals surface area contributed by atoms with E-state index in [1.807, 2.05) is 0 Å². The van der Waals surface area contributed by atoms with Crippen LogP contribution < -0.4 is 10.6 Å². The lowest BCUT2D eigenvalue weighted by atomic mass is 10.1. The van der Waals surface area contributed by atoms with Crippen LogP contribution in [0.15, 0.2) is 85.3 Å². The Kier molecular flexibility index (Phi) is 6.73. The number of hydrogen-bond acceptors (Lipinski definition) is 6. The smallest absolute Gasteiger partial charge is 0.358 e. The normalized spacial score (nSPS) is 10.4. The maximum absolute atomic E-state index is 12.7. The van der Waals surface area contributed by atoms with E-state index in [0.717, 1.165) is 0 Å². The number of amides is 2. The second-order valence-electron chi connectivity index (χ2n) is 7.14. The third-order valence-corrected chi connectivity index (χ3v) is 4.77. The number of nitrogens with one attached hydrogen (secondary N) is 2. The van der Waals surface area contributed by atoms with Crippen molar-refractivity contribution < 1.29 is 19.1 Å². The van der Waals surface area contributed by atoms with Gasteiger partial charge in [0.25, 0.3) is 11.8 Å². The number of carbonyl (C=O) groups excluding carboxylic acids is 3. The van der Waals surface area contributed by atoms with E-state index in [4.69, 9.17) is 4.74 Å². The van der Waals surface area contributed by atoms with Crippen molar-refractivity contribution in [3.05, 3.63) is 102 Å². The van der Waals surface area contributed by atoms with Crippen molar-refractivity contribution in [3.63, 3.8) is 0 Å². The Labute approximate surface area is 195 Å². The van der Waals surface area contributed by atoms with Crippen LogP contribution in [-0.4, -0.2) is 39.2 Å². The van der Waals surface area contributed by atoms with Gasteiger partial charge in [-0.05, 0) is 67.6 Å². The monoisotopic (exact) mass is 455 g/mol. The second kappa shape index (κ2) is 10.2. The Hall–Kier alpha value is -4.79. The molecule has 0 unspecified atom stereocenters. The first-order valence-electron chi connectivity index (χ1n) is 10.5. The number of esters is 1. The van der Waals surface area contributed by atoms with Gasteiger partial charge in [-0.2, -0.15) is 5.10 Å². The van der Waals surface area contributed by atoms with Crippen LogP contribution in [0.2, 0.25) is 0 Å². The SMILES string of the molecule is CCOC(=O)c1ccn(-c2ccc(NC(=O)c3cccc(NC(=O)c4cccnc4)c3)cc2)n1. The molecule has 2 aromatic carbocycles. The van der Waals surface area contributed by atoms with Gasteiger partial charge < -0.3 is 15.4 Å². The van der Waals surface area contributed by atoms with Crippen LogP contribution in [0.1, 0.15) is 38.1 Å². The first-order chi connectivity index (χ1) is 16.5. The van der Waals surface area contributed by atoms with E-state index in [0.29, 0.717) is 28.2 Å². The molecule has 4 aromatic rings. The van der Waals surface area contributed by atoms with Gasteiger partial charge in [0.05, 0.1) is 17.9 Å². The summed E-state index contributed by atoms with van der Waals surface area (Å²) in [5.74, 6) is -1.12. The molecule has 0 spiro atoms. The topological polar surface area (TPSA) is 115 Å². The quantitative estimate of drug-likeness (QED) is 0.408. The summed E-state index contributed by atoms with van der Waals surface area (Å²) < 4.78 is 6.49. The number of benzene rings is 2. The fourth-order valence-corrected chi connectivity index (χ4v) is 3.12. The lowest BCUT2D eigenvalue weighted by Gasteiger charge is -2.09. The zero-order chi connectivity index (χ0) is 23.9. The van der Waals surface area contributed by atoms with E-state index in [1.165, 1.54) is 6.20 Å². The Bertz CT molecular complexity index is 1320. The van der Waals surface area contributed by atoms with Crippen molar-refractivity contribution in [2.75, 3.05) is 17.2 Å². The summed E-state index contributed by atoms with van der Waals surface area (Å²) in [7, 11) is 0. The minimum atomic E-state index is -0.482. The van der Waals surface area contributed by atoms with Gasteiger partial charge in [0, 0.05) is 35.5 Å². The summed E-state index contributed by atoms with van der Waals surface area (Å²) >= 11 is 0. The van der Waals surface area contributed by atoms with Crippen LogP contribution in [-0.2, 0) is 4.74 Å². The largest absolute Gasteiger partial charge is 0.461 e. The number of ether oxygens (including phenoxy) is 1. The standard InChI is InChI=1S/C25H21N5O4/c1-2-34-25(33)22-12-14-30(29-22)21-10-8-19(9-11-21)27-23(31)17-5-3-7-20(15-17)28-24(32)18-6-4-13-26-16-18/h3-16H,2H2,1H3,(H,27,31)(H,28,32). The van der Waals surface area contributed by atoms with Crippen LogP contribution in [0.25, 0.3) is 5.69 Å². The lowest BCUT2D eigenvalue weighted by molar-refractivity contribution is 0.0518. The highest BCUT2D eigenvalue weighted by atomic mass is 16.5. The molecule has 0 saturated heterocycles. The molecule has 9 heteroatoms. The second-order valence-corrected chi connectivity index (χ2v) is 7.14. The van der Waals surface area contributed by atoms with Crippen molar-refractivity contribution in [2.45, 2.75) is 6.92 Å². The van der Waals surface area contributed by atoms with Gasteiger partial charge in [0.15, 0.2) is 5.69 Å². The zero-order valence-corrected chi connectivity index (χ0v) is 18.3. The predicted molar refractivity (Wildman–Crippen MR) is 126 cm³/mol. The van der Waals surface area contributed by atoms with Gasteiger partial charge >= 0.3 is 5.97 Å². The highest BCUT2D eigenvalue weighted by Crippen LogP contribution is 2.17. The number of carbonyl (C=O) groups is 3. The molecule has 0 saturated carbocycles. The molecule has 0 aliphatic heterocycles. The van der Waals surface area contributed by atoms with Crippen molar-refractivity contribution >= 4 is 29.2 Å². The number of nitrogens with zero attached hydrogens (tertiary/aromatic N) is 3. The van der Waals surface area contributed by atoms with Crippen LogP contribution in [0.4, 0.5) is 11.4 Å². The number of rotatable bonds is 7. The van der Waals surface area contributed by atoms with Gasteiger partial charge in [-0.25, -0.2) is 9.48 Å². The molecule has 9 nitrogen and oxygen atoms in total. The maximum Gasteiger partial charge on any atom is 0.358 e. The molecule has 2 heterocycles. The zero-order valence-electron chi connectivity index (χ0n) is 18.3. The summed E-state index contributed by atoms with van der Waals surface area (Å²) in [5, 5.41) is 9.79. The van der Waals surface area contributed by atoms with Gasteiger partial charge in [-0.3, -0.25) is 14.6 Å². The van der Waals surface area contributed by atoms with E-state index in [2.05, 4.69) is 20.7 Å². The molecule has 0 aliphatic rings. The molecule has 4 rings (SSSR count). The number of anilines is 2.